The molecule has 0 aliphatic carbocycles. The molecule has 134 valence electrons. The highest BCUT2D eigenvalue weighted by Crippen LogP contribution is 2.25. The quantitative estimate of drug-likeness (QED) is 0.545. The molecule has 0 saturated carbocycles. The third-order valence-corrected chi connectivity index (χ3v) is 5.59. The number of hydrogen-bond donors (Lipinski definition) is 2. The molecule has 25 heavy (non-hydrogen) atoms. The van der Waals surface area contributed by atoms with E-state index in [2.05, 4.69) is 84.5 Å². The summed E-state index contributed by atoms with van der Waals surface area (Å²) in [6.45, 7) is 6.88. The molecular formula is C19H25BrN4S. The number of rotatable bonds is 6. The van der Waals surface area contributed by atoms with Gasteiger partial charge >= 0.3 is 0 Å². The lowest BCUT2D eigenvalue weighted by Gasteiger charge is -2.19. The highest BCUT2D eigenvalue weighted by atomic mass is 79.9. The van der Waals surface area contributed by atoms with Gasteiger partial charge in [0.1, 0.15) is 0 Å². The minimum Gasteiger partial charge on any atom is -0.371 e. The third kappa shape index (κ3) is 5.47. The molecule has 1 aliphatic rings. The zero-order chi connectivity index (χ0) is 17.5. The first kappa shape index (κ1) is 18.3. The van der Waals surface area contributed by atoms with Crippen LogP contribution in [-0.4, -0.2) is 32.1 Å². The SMILES string of the molecule is CCNC(=NCc1ccsc1)NCC1CCN(c2cccc(Br)c2)C1. The molecule has 4 nitrogen and oxygen atoms in total. The van der Waals surface area contributed by atoms with E-state index in [9.17, 15) is 0 Å². The summed E-state index contributed by atoms with van der Waals surface area (Å²) < 4.78 is 1.14. The van der Waals surface area contributed by atoms with Crippen LogP contribution in [0.1, 0.15) is 18.9 Å². The predicted molar refractivity (Wildman–Crippen MR) is 112 cm³/mol. The van der Waals surface area contributed by atoms with E-state index in [1.807, 2.05) is 0 Å². The molecule has 1 saturated heterocycles. The van der Waals surface area contributed by atoms with Crippen molar-refractivity contribution in [3.05, 3.63) is 51.1 Å². The van der Waals surface area contributed by atoms with Crippen molar-refractivity contribution in [2.75, 3.05) is 31.1 Å². The van der Waals surface area contributed by atoms with Gasteiger partial charge in [-0.3, -0.25) is 0 Å². The van der Waals surface area contributed by atoms with Crippen LogP contribution in [0, 0.1) is 5.92 Å². The molecule has 1 aromatic carbocycles. The topological polar surface area (TPSA) is 39.7 Å². The Bertz CT molecular complexity index is 686. The normalized spacial score (nSPS) is 17.8. The number of anilines is 1. The van der Waals surface area contributed by atoms with Gasteiger partial charge in [0.05, 0.1) is 6.54 Å². The molecule has 1 aliphatic heterocycles. The molecule has 1 fully saturated rings. The number of nitrogens with one attached hydrogen (secondary N) is 2. The van der Waals surface area contributed by atoms with Crippen LogP contribution >= 0.6 is 27.3 Å². The van der Waals surface area contributed by atoms with Gasteiger partial charge in [-0.2, -0.15) is 11.3 Å². The average Bonchev–Trinajstić information content (AvgIpc) is 3.29. The second kappa shape index (κ2) is 9.25. The maximum absolute atomic E-state index is 4.69. The van der Waals surface area contributed by atoms with Crippen molar-refractivity contribution < 1.29 is 0 Å². The first-order valence-electron chi connectivity index (χ1n) is 8.78. The summed E-state index contributed by atoms with van der Waals surface area (Å²) in [5.41, 5.74) is 2.57. The number of thiophene rings is 1. The van der Waals surface area contributed by atoms with E-state index in [1.54, 1.807) is 11.3 Å². The molecule has 2 heterocycles. The van der Waals surface area contributed by atoms with Crippen LogP contribution in [0.2, 0.25) is 0 Å². The molecule has 3 rings (SSSR count). The van der Waals surface area contributed by atoms with Gasteiger partial charge in [-0.05, 0) is 59.9 Å². The highest BCUT2D eigenvalue weighted by molar-refractivity contribution is 9.10. The second-order valence-corrected chi connectivity index (χ2v) is 7.98. The van der Waals surface area contributed by atoms with Crippen molar-refractivity contribution in [3.63, 3.8) is 0 Å². The summed E-state index contributed by atoms with van der Waals surface area (Å²) in [4.78, 5) is 7.15. The van der Waals surface area contributed by atoms with Crippen LogP contribution in [0.5, 0.6) is 0 Å². The third-order valence-electron chi connectivity index (χ3n) is 4.36. The lowest BCUT2D eigenvalue weighted by atomic mass is 10.1. The van der Waals surface area contributed by atoms with Crippen LogP contribution in [0.15, 0.2) is 50.6 Å². The number of benzene rings is 1. The summed E-state index contributed by atoms with van der Waals surface area (Å²) in [5, 5.41) is 11.1. The van der Waals surface area contributed by atoms with Crippen LogP contribution in [0.4, 0.5) is 5.69 Å². The largest absolute Gasteiger partial charge is 0.371 e. The summed E-state index contributed by atoms with van der Waals surface area (Å²) in [7, 11) is 0. The molecule has 0 radical (unpaired) electrons. The lowest BCUT2D eigenvalue weighted by Crippen LogP contribution is -2.40. The van der Waals surface area contributed by atoms with Crippen molar-refractivity contribution in [1.82, 2.24) is 10.6 Å². The Morgan fingerprint density at radius 3 is 3.04 bits per heavy atom. The predicted octanol–water partition coefficient (Wildman–Crippen LogP) is 4.09. The molecule has 2 aromatic rings. The van der Waals surface area contributed by atoms with Crippen LogP contribution < -0.4 is 15.5 Å². The summed E-state index contributed by atoms with van der Waals surface area (Å²) in [5.74, 6) is 1.55. The van der Waals surface area contributed by atoms with Gasteiger partial charge < -0.3 is 15.5 Å². The van der Waals surface area contributed by atoms with Gasteiger partial charge in [0.25, 0.3) is 0 Å². The van der Waals surface area contributed by atoms with Gasteiger partial charge in [0, 0.05) is 36.3 Å². The fourth-order valence-electron chi connectivity index (χ4n) is 3.04. The Balaban J connectivity index is 1.50. The number of guanidine groups is 1. The van der Waals surface area contributed by atoms with Gasteiger partial charge in [0.2, 0.25) is 0 Å². The summed E-state index contributed by atoms with van der Waals surface area (Å²) in [6, 6.07) is 10.7. The first-order valence-corrected chi connectivity index (χ1v) is 10.5. The van der Waals surface area contributed by atoms with Crippen LogP contribution in [0.25, 0.3) is 0 Å². The van der Waals surface area contributed by atoms with E-state index in [1.165, 1.54) is 17.7 Å². The molecule has 6 heteroatoms. The number of hydrogen-bond acceptors (Lipinski definition) is 3. The summed E-state index contributed by atoms with van der Waals surface area (Å²) in [6.07, 6.45) is 1.21. The zero-order valence-corrected chi connectivity index (χ0v) is 16.9. The van der Waals surface area contributed by atoms with Crippen molar-refractivity contribution in [3.8, 4) is 0 Å². The van der Waals surface area contributed by atoms with E-state index in [-0.39, 0.29) is 0 Å². The minimum atomic E-state index is 0.643. The number of aliphatic imine (C=N–C) groups is 1. The molecular weight excluding hydrogens is 396 g/mol. The number of nitrogens with zero attached hydrogens (tertiary/aromatic N) is 2. The van der Waals surface area contributed by atoms with Crippen LogP contribution in [0.3, 0.4) is 0 Å². The maximum atomic E-state index is 4.69. The smallest absolute Gasteiger partial charge is 0.191 e. The van der Waals surface area contributed by atoms with E-state index >= 15 is 0 Å². The Hall–Kier alpha value is -1.53. The average molecular weight is 421 g/mol. The van der Waals surface area contributed by atoms with Gasteiger partial charge in [-0.25, -0.2) is 4.99 Å². The number of halogens is 1. The standard InChI is InChI=1S/C19H25BrN4S/c1-2-21-19(23-12-16-7-9-25-14-16)22-11-15-6-8-24(13-15)18-5-3-4-17(20)10-18/h3-5,7,9-10,14-15H,2,6,8,11-13H2,1H3,(H2,21,22,23). The Morgan fingerprint density at radius 1 is 1.36 bits per heavy atom. The Morgan fingerprint density at radius 2 is 2.28 bits per heavy atom. The van der Waals surface area contributed by atoms with E-state index in [0.717, 1.165) is 43.2 Å². The minimum absolute atomic E-state index is 0.643. The highest BCUT2D eigenvalue weighted by Gasteiger charge is 2.22. The monoisotopic (exact) mass is 420 g/mol. The fourth-order valence-corrected chi connectivity index (χ4v) is 4.09. The Labute approximate surface area is 162 Å². The lowest BCUT2D eigenvalue weighted by molar-refractivity contribution is 0.566. The summed E-state index contributed by atoms with van der Waals surface area (Å²) >= 11 is 5.28. The zero-order valence-electron chi connectivity index (χ0n) is 14.5. The van der Waals surface area contributed by atoms with E-state index in [4.69, 9.17) is 0 Å². The van der Waals surface area contributed by atoms with Crippen molar-refractivity contribution >= 4 is 38.9 Å². The van der Waals surface area contributed by atoms with Gasteiger partial charge in [-0.1, -0.05) is 22.0 Å². The van der Waals surface area contributed by atoms with E-state index in [0.29, 0.717) is 5.92 Å². The molecule has 1 atom stereocenters. The molecule has 2 N–H and O–H groups in total. The first-order chi connectivity index (χ1) is 12.2. The van der Waals surface area contributed by atoms with Crippen molar-refractivity contribution in [2.45, 2.75) is 19.9 Å². The molecule has 1 aromatic heterocycles. The van der Waals surface area contributed by atoms with Gasteiger partial charge in [-0.15, -0.1) is 0 Å². The molecule has 0 amide bonds. The van der Waals surface area contributed by atoms with Crippen molar-refractivity contribution in [1.29, 1.82) is 0 Å². The second-order valence-electron chi connectivity index (χ2n) is 6.29. The Kier molecular flexibility index (Phi) is 6.76. The van der Waals surface area contributed by atoms with E-state index < -0.39 is 0 Å². The molecule has 0 spiro atoms. The maximum Gasteiger partial charge on any atom is 0.191 e. The van der Waals surface area contributed by atoms with Gasteiger partial charge in [0.15, 0.2) is 5.96 Å². The van der Waals surface area contributed by atoms with Crippen molar-refractivity contribution in [2.24, 2.45) is 10.9 Å². The molecule has 0 bridgehead atoms. The molecule has 1 unspecified atom stereocenters. The van der Waals surface area contributed by atoms with Crippen LogP contribution in [-0.2, 0) is 6.54 Å². The fraction of sp³-hybridized carbons (Fsp3) is 0.421.